The van der Waals surface area contributed by atoms with Gasteiger partial charge in [-0.1, -0.05) is 19.8 Å². The highest BCUT2D eigenvalue weighted by Gasteiger charge is 2.21. The first-order chi connectivity index (χ1) is 8.06. The number of aromatic nitrogens is 2. The molecule has 17 heavy (non-hydrogen) atoms. The summed E-state index contributed by atoms with van der Waals surface area (Å²) in [5.74, 6) is -1.41. The van der Waals surface area contributed by atoms with Crippen LogP contribution < -0.4 is 5.32 Å². The second-order valence-electron chi connectivity index (χ2n) is 3.92. The first-order valence-electron chi connectivity index (χ1n) is 5.60. The molecule has 0 fully saturated rings. The third kappa shape index (κ3) is 3.58. The minimum absolute atomic E-state index is 0.382. The van der Waals surface area contributed by atoms with Crippen LogP contribution in [0.3, 0.4) is 0 Å². The Hall–Kier alpha value is -1.85. The van der Waals surface area contributed by atoms with Crippen molar-refractivity contribution in [2.75, 3.05) is 0 Å². The van der Waals surface area contributed by atoms with E-state index in [1.165, 1.54) is 6.20 Å². The molecule has 0 bridgehead atoms. The van der Waals surface area contributed by atoms with Crippen molar-refractivity contribution in [3.05, 3.63) is 17.5 Å². The number of rotatable bonds is 6. The zero-order chi connectivity index (χ0) is 12.8. The van der Waals surface area contributed by atoms with Gasteiger partial charge in [0.25, 0.3) is 5.91 Å². The number of hydrogen-bond acceptors (Lipinski definition) is 3. The van der Waals surface area contributed by atoms with Gasteiger partial charge in [-0.15, -0.1) is 0 Å². The minimum atomic E-state index is -1.01. The zero-order valence-electron chi connectivity index (χ0n) is 9.99. The third-order valence-corrected chi connectivity index (χ3v) is 2.52. The third-order valence-electron chi connectivity index (χ3n) is 2.52. The van der Waals surface area contributed by atoms with Crippen molar-refractivity contribution in [2.24, 2.45) is 0 Å². The fourth-order valence-electron chi connectivity index (χ4n) is 1.48. The van der Waals surface area contributed by atoms with Crippen LogP contribution in [0.5, 0.6) is 0 Å². The van der Waals surface area contributed by atoms with Crippen LogP contribution in [0, 0.1) is 6.92 Å². The molecule has 3 N–H and O–H groups in total. The van der Waals surface area contributed by atoms with Gasteiger partial charge in [-0.25, -0.2) is 4.79 Å². The van der Waals surface area contributed by atoms with Crippen LogP contribution in [0.4, 0.5) is 0 Å². The number of hydrogen-bond donors (Lipinski definition) is 3. The molecule has 1 amide bonds. The van der Waals surface area contributed by atoms with Crippen molar-refractivity contribution in [1.29, 1.82) is 0 Å². The van der Waals surface area contributed by atoms with E-state index in [-0.39, 0.29) is 0 Å². The predicted molar refractivity (Wildman–Crippen MR) is 61.7 cm³/mol. The standard InChI is InChI=1S/C11H17N3O3/c1-3-4-5-9(11(16)17)13-10(15)8-6-12-14-7(8)2/h6,9H,3-5H2,1-2H3,(H,12,14)(H,13,15)(H,16,17)/t9-/m0/s1. The molecule has 0 aromatic carbocycles. The van der Waals surface area contributed by atoms with E-state index in [2.05, 4.69) is 15.5 Å². The highest BCUT2D eigenvalue weighted by atomic mass is 16.4. The number of carboxylic acids is 1. The summed E-state index contributed by atoms with van der Waals surface area (Å²) in [6.45, 7) is 3.69. The average Bonchev–Trinajstić information content (AvgIpc) is 2.70. The van der Waals surface area contributed by atoms with Gasteiger partial charge in [-0.2, -0.15) is 5.10 Å². The molecule has 1 aromatic heterocycles. The first kappa shape index (κ1) is 13.2. The molecule has 0 spiro atoms. The normalized spacial score (nSPS) is 12.1. The number of aliphatic carboxylic acids is 1. The molecular formula is C11H17N3O3. The fourth-order valence-corrected chi connectivity index (χ4v) is 1.48. The Labute approximate surface area is 99.4 Å². The molecule has 6 nitrogen and oxygen atoms in total. The van der Waals surface area contributed by atoms with E-state index in [4.69, 9.17) is 5.11 Å². The van der Waals surface area contributed by atoms with E-state index in [0.29, 0.717) is 17.7 Å². The van der Waals surface area contributed by atoms with E-state index in [0.717, 1.165) is 12.8 Å². The number of amides is 1. The van der Waals surface area contributed by atoms with E-state index in [1.54, 1.807) is 6.92 Å². The van der Waals surface area contributed by atoms with Crippen molar-refractivity contribution in [3.8, 4) is 0 Å². The maximum Gasteiger partial charge on any atom is 0.326 e. The summed E-state index contributed by atoms with van der Waals surface area (Å²) in [4.78, 5) is 22.7. The van der Waals surface area contributed by atoms with Crippen LogP contribution in [-0.2, 0) is 4.79 Å². The molecule has 1 aromatic rings. The van der Waals surface area contributed by atoms with Crippen molar-refractivity contribution in [1.82, 2.24) is 15.5 Å². The molecule has 0 radical (unpaired) electrons. The van der Waals surface area contributed by atoms with Gasteiger partial charge < -0.3 is 10.4 Å². The number of carbonyl (C=O) groups is 2. The van der Waals surface area contributed by atoms with Crippen molar-refractivity contribution in [3.63, 3.8) is 0 Å². The van der Waals surface area contributed by atoms with Gasteiger partial charge in [-0.3, -0.25) is 9.89 Å². The van der Waals surface area contributed by atoms with Gasteiger partial charge in [0.2, 0.25) is 0 Å². The lowest BCUT2D eigenvalue weighted by Crippen LogP contribution is -2.40. The molecule has 0 aliphatic heterocycles. The second-order valence-corrected chi connectivity index (χ2v) is 3.92. The maximum atomic E-state index is 11.8. The Bertz CT molecular complexity index is 400. The minimum Gasteiger partial charge on any atom is -0.480 e. The van der Waals surface area contributed by atoms with Gasteiger partial charge >= 0.3 is 5.97 Å². The van der Waals surface area contributed by atoms with Crippen LogP contribution in [0.1, 0.15) is 42.2 Å². The van der Waals surface area contributed by atoms with Gasteiger partial charge in [0, 0.05) is 5.69 Å². The second kappa shape index (κ2) is 6.03. The number of aryl methyl sites for hydroxylation is 1. The SMILES string of the molecule is CCCC[C@H](NC(=O)c1cn[nH]c1C)C(=O)O. The Morgan fingerprint density at radius 1 is 1.59 bits per heavy atom. The van der Waals surface area contributed by atoms with Gasteiger partial charge in [0.05, 0.1) is 11.8 Å². The van der Waals surface area contributed by atoms with Crippen LogP contribution in [0.25, 0.3) is 0 Å². The summed E-state index contributed by atoms with van der Waals surface area (Å²) in [6.07, 6.45) is 3.49. The number of H-pyrrole nitrogens is 1. The number of nitrogens with zero attached hydrogens (tertiary/aromatic N) is 1. The van der Waals surface area contributed by atoms with E-state index < -0.39 is 17.9 Å². The highest BCUT2D eigenvalue weighted by molar-refractivity contribution is 5.97. The first-order valence-corrected chi connectivity index (χ1v) is 5.60. The molecule has 1 heterocycles. The summed E-state index contributed by atoms with van der Waals surface area (Å²) in [5, 5.41) is 17.8. The molecule has 0 saturated heterocycles. The van der Waals surface area contributed by atoms with Crippen LogP contribution in [0.15, 0.2) is 6.20 Å². The fraction of sp³-hybridized carbons (Fsp3) is 0.545. The quantitative estimate of drug-likeness (QED) is 0.692. The lowest BCUT2D eigenvalue weighted by atomic mass is 10.1. The number of nitrogens with one attached hydrogen (secondary N) is 2. The Balaban J connectivity index is 2.64. The average molecular weight is 239 g/mol. The van der Waals surface area contributed by atoms with E-state index in [1.807, 2.05) is 6.92 Å². The Morgan fingerprint density at radius 3 is 2.76 bits per heavy atom. The van der Waals surface area contributed by atoms with Gasteiger partial charge in [0.15, 0.2) is 0 Å². The smallest absolute Gasteiger partial charge is 0.326 e. The molecule has 1 atom stereocenters. The zero-order valence-corrected chi connectivity index (χ0v) is 9.99. The molecular weight excluding hydrogens is 222 g/mol. The van der Waals surface area contributed by atoms with Crippen LogP contribution in [0.2, 0.25) is 0 Å². The summed E-state index contributed by atoms with van der Waals surface area (Å²) < 4.78 is 0. The number of unbranched alkanes of at least 4 members (excludes halogenated alkanes) is 1. The molecule has 6 heteroatoms. The lowest BCUT2D eigenvalue weighted by molar-refractivity contribution is -0.139. The largest absolute Gasteiger partial charge is 0.480 e. The number of carboxylic acid groups (broad SMARTS) is 1. The number of carbonyl (C=O) groups excluding carboxylic acids is 1. The molecule has 1 rings (SSSR count). The van der Waals surface area contributed by atoms with Crippen LogP contribution in [-0.4, -0.2) is 33.2 Å². The van der Waals surface area contributed by atoms with Crippen molar-refractivity contribution < 1.29 is 14.7 Å². The monoisotopic (exact) mass is 239 g/mol. The topological polar surface area (TPSA) is 95.1 Å². The van der Waals surface area contributed by atoms with Crippen molar-refractivity contribution >= 4 is 11.9 Å². The Kier molecular flexibility index (Phi) is 4.68. The van der Waals surface area contributed by atoms with Gasteiger partial charge in [0.1, 0.15) is 6.04 Å². The van der Waals surface area contributed by atoms with E-state index >= 15 is 0 Å². The lowest BCUT2D eigenvalue weighted by Gasteiger charge is -2.13. The van der Waals surface area contributed by atoms with Crippen LogP contribution >= 0.6 is 0 Å². The maximum absolute atomic E-state index is 11.8. The van der Waals surface area contributed by atoms with Crippen molar-refractivity contribution in [2.45, 2.75) is 39.2 Å². The van der Waals surface area contributed by atoms with Gasteiger partial charge in [-0.05, 0) is 13.3 Å². The predicted octanol–water partition coefficient (Wildman–Crippen LogP) is 1.09. The molecule has 0 saturated carbocycles. The summed E-state index contributed by atoms with van der Waals surface area (Å²) in [5.41, 5.74) is 1.01. The number of aromatic amines is 1. The molecule has 94 valence electrons. The summed E-state index contributed by atoms with van der Waals surface area (Å²) in [6, 6.07) is -0.836. The molecule has 0 aliphatic rings. The molecule has 0 unspecified atom stereocenters. The Morgan fingerprint density at radius 2 is 2.29 bits per heavy atom. The highest BCUT2D eigenvalue weighted by Crippen LogP contribution is 2.05. The molecule has 0 aliphatic carbocycles. The summed E-state index contributed by atoms with van der Waals surface area (Å²) in [7, 11) is 0. The van der Waals surface area contributed by atoms with E-state index in [9.17, 15) is 9.59 Å². The summed E-state index contributed by atoms with van der Waals surface area (Å²) >= 11 is 0.